The maximum atomic E-state index is 5.99. The molecule has 2 fully saturated rings. The summed E-state index contributed by atoms with van der Waals surface area (Å²) >= 11 is 0. The van der Waals surface area contributed by atoms with E-state index in [2.05, 4.69) is 6.92 Å². The summed E-state index contributed by atoms with van der Waals surface area (Å²) in [5, 5.41) is 0. The highest BCUT2D eigenvalue weighted by Crippen LogP contribution is 2.44. The van der Waals surface area contributed by atoms with Gasteiger partial charge in [0, 0.05) is 6.61 Å². The van der Waals surface area contributed by atoms with Gasteiger partial charge in [0.1, 0.15) is 0 Å². The maximum absolute atomic E-state index is 5.99. The fourth-order valence-electron chi connectivity index (χ4n) is 3.59. The molecular formula is C14H27NO. The normalized spacial score (nSPS) is 39.4. The highest BCUT2D eigenvalue weighted by atomic mass is 16.5. The molecule has 16 heavy (non-hydrogen) atoms. The second-order valence-electron chi connectivity index (χ2n) is 6.08. The minimum Gasteiger partial charge on any atom is -0.378 e. The van der Waals surface area contributed by atoms with E-state index in [0.717, 1.165) is 19.1 Å². The van der Waals surface area contributed by atoms with Gasteiger partial charge in [0.2, 0.25) is 0 Å². The van der Waals surface area contributed by atoms with E-state index in [9.17, 15) is 0 Å². The van der Waals surface area contributed by atoms with Crippen molar-refractivity contribution in [3.63, 3.8) is 0 Å². The van der Waals surface area contributed by atoms with Crippen molar-refractivity contribution in [2.24, 2.45) is 17.1 Å². The number of nitrogens with two attached hydrogens (primary N) is 1. The molecule has 2 nitrogen and oxygen atoms in total. The van der Waals surface area contributed by atoms with Crippen LogP contribution in [0.4, 0.5) is 0 Å². The Bertz CT molecular complexity index is 213. The molecule has 94 valence electrons. The monoisotopic (exact) mass is 225 g/mol. The first-order valence-electron chi connectivity index (χ1n) is 7.06. The van der Waals surface area contributed by atoms with Crippen LogP contribution in [0.5, 0.6) is 0 Å². The molecule has 0 amide bonds. The number of hydrogen-bond acceptors (Lipinski definition) is 2. The Morgan fingerprint density at radius 2 is 2.25 bits per heavy atom. The fraction of sp³-hybridized carbons (Fsp3) is 1.00. The molecule has 1 saturated carbocycles. The van der Waals surface area contributed by atoms with Crippen molar-refractivity contribution in [3.8, 4) is 0 Å². The molecule has 0 bridgehead atoms. The average Bonchev–Trinajstić information content (AvgIpc) is 2.89. The van der Waals surface area contributed by atoms with Gasteiger partial charge >= 0.3 is 0 Å². The Kier molecular flexibility index (Phi) is 4.26. The molecule has 1 aliphatic heterocycles. The lowest BCUT2D eigenvalue weighted by atomic mass is 9.80. The van der Waals surface area contributed by atoms with Gasteiger partial charge in [-0.1, -0.05) is 19.8 Å². The van der Waals surface area contributed by atoms with Gasteiger partial charge in [-0.2, -0.15) is 0 Å². The third-order valence-corrected chi connectivity index (χ3v) is 4.64. The standard InChI is InChI=1S/C14H27NO/c1-12-6-8-14(10-12,11-15)7-2-4-13-5-3-9-16-13/h12-13H,2-11,15H2,1H3. The molecule has 1 aliphatic carbocycles. The molecule has 1 saturated heterocycles. The molecule has 1 heterocycles. The van der Waals surface area contributed by atoms with E-state index in [1.165, 1.54) is 51.4 Å². The third kappa shape index (κ3) is 2.98. The molecule has 2 aliphatic rings. The summed E-state index contributed by atoms with van der Waals surface area (Å²) in [5.41, 5.74) is 6.48. The number of ether oxygens (including phenoxy) is 1. The highest BCUT2D eigenvalue weighted by Gasteiger charge is 2.35. The highest BCUT2D eigenvalue weighted by molar-refractivity contribution is 4.88. The van der Waals surface area contributed by atoms with E-state index in [0.29, 0.717) is 11.5 Å². The largest absolute Gasteiger partial charge is 0.378 e. The molecular weight excluding hydrogens is 198 g/mol. The Hall–Kier alpha value is -0.0800. The number of rotatable bonds is 5. The lowest BCUT2D eigenvalue weighted by molar-refractivity contribution is 0.0975. The van der Waals surface area contributed by atoms with E-state index in [4.69, 9.17) is 10.5 Å². The molecule has 0 aromatic rings. The molecule has 2 N–H and O–H groups in total. The summed E-state index contributed by atoms with van der Waals surface area (Å²) in [6, 6.07) is 0. The Morgan fingerprint density at radius 3 is 2.81 bits per heavy atom. The van der Waals surface area contributed by atoms with Gasteiger partial charge in [-0.05, 0) is 56.4 Å². The maximum Gasteiger partial charge on any atom is 0.0576 e. The zero-order chi connectivity index (χ0) is 11.4. The van der Waals surface area contributed by atoms with Crippen LogP contribution in [0.25, 0.3) is 0 Å². The molecule has 0 spiro atoms. The van der Waals surface area contributed by atoms with Gasteiger partial charge in [-0.25, -0.2) is 0 Å². The van der Waals surface area contributed by atoms with Crippen LogP contribution in [0.15, 0.2) is 0 Å². The van der Waals surface area contributed by atoms with Crippen LogP contribution in [-0.2, 0) is 4.74 Å². The van der Waals surface area contributed by atoms with Crippen molar-refractivity contribution >= 4 is 0 Å². The lowest BCUT2D eigenvalue weighted by Gasteiger charge is -2.28. The fourth-order valence-corrected chi connectivity index (χ4v) is 3.59. The molecule has 0 radical (unpaired) electrons. The van der Waals surface area contributed by atoms with Crippen molar-refractivity contribution in [1.29, 1.82) is 0 Å². The first-order valence-corrected chi connectivity index (χ1v) is 7.06. The molecule has 2 heteroatoms. The average molecular weight is 225 g/mol. The van der Waals surface area contributed by atoms with E-state index < -0.39 is 0 Å². The smallest absolute Gasteiger partial charge is 0.0576 e. The van der Waals surface area contributed by atoms with Gasteiger partial charge in [-0.15, -0.1) is 0 Å². The van der Waals surface area contributed by atoms with E-state index in [1.807, 2.05) is 0 Å². The first kappa shape index (κ1) is 12.4. The van der Waals surface area contributed by atoms with Crippen LogP contribution < -0.4 is 5.73 Å². The summed E-state index contributed by atoms with van der Waals surface area (Å²) in [6.45, 7) is 4.25. The second-order valence-corrected chi connectivity index (χ2v) is 6.08. The van der Waals surface area contributed by atoms with Crippen molar-refractivity contribution in [2.45, 2.75) is 64.4 Å². The number of hydrogen-bond donors (Lipinski definition) is 1. The van der Waals surface area contributed by atoms with Crippen LogP contribution in [0.2, 0.25) is 0 Å². The minimum absolute atomic E-state index is 0.484. The van der Waals surface area contributed by atoms with Gasteiger partial charge < -0.3 is 10.5 Å². The van der Waals surface area contributed by atoms with Crippen molar-refractivity contribution in [2.75, 3.05) is 13.2 Å². The van der Waals surface area contributed by atoms with E-state index in [1.54, 1.807) is 0 Å². The van der Waals surface area contributed by atoms with Gasteiger partial charge in [0.15, 0.2) is 0 Å². The van der Waals surface area contributed by atoms with Crippen LogP contribution in [0.1, 0.15) is 58.3 Å². The molecule has 0 aromatic heterocycles. The summed E-state index contributed by atoms with van der Waals surface area (Å²) in [5.74, 6) is 0.895. The van der Waals surface area contributed by atoms with Crippen LogP contribution in [-0.4, -0.2) is 19.3 Å². The summed E-state index contributed by atoms with van der Waals surface area (Å²) in [4.78, 5) is 0. The molecule has 3 unspecified atom stereocenters. The predicted octanol–water partition coefficient (Wildman–Crippen LogP) is 3.10. The Labute approximate surface area is 99.9 Å². The van der Waals surface area contributed by atoms with Crippen LogP contribution in [0.3, 0.4) is 0 Å². The minimum atomic E-state index is 0.484. The van der Waals surface area contributed by atoms with Crippen molar-refractivity contribution in [1.82, 2.24) is 0 Å². The topological polar surface area (TPSA) is 35.2 Å². The lowest BCUT2D eigenvalue weighted by Crippen LogP contribution is -2.28. The molecule has 3 atom stereocenters. The van der Waals surface area contributed by atoms with Gasteiger partial charge in [0.25, 0.3) is 0 Å². The summed E-state index contributed by atoms with van der Waals surface area (Å²) in [6.07, 6.45) is 11.1. The van der Waals surface area contributed by atoms with Crippen LogP contribution >= 0.6 is 0 Å². The van der Waals surface area contributed by atoms with Crippen molar-refractivity contribution in [3.05, 3.63) is 0 Å². The van der Waals surface area contributed by atoms with Crippen molar-refractivity contribution < 1.29 is 4.74 Å². The van der Waals surface area contributed by atoms with Gasteiger partial charge in [0.05, 0.1) is 6.10 Å². The second kappa shape index (κ2) is 5.50. The SMILES string of the molecule is CC1CCC(CN)(CCCC2CCCO2)C1. The Balaban J connectivity index is 1.70. The van der Waals surface area contributed by atoms with Gasteiger partial charge in [-0.3, -0.25) is 0 Å². The van der Waals surface area contributed by atoms with Crippen LogP contribution in [0, 0.1) is 11.3 Å². The quantitative estimate of drug-likeness (QED) is 0.780. The van der Waals surface area contributed by atoms with E-state index >= 15 is 0 Å². The van der Waals surface area contributed by atoms with E-state index in [-0.39, 0.29) is 0 Å². The molecule has 2 rings (SSSR count). The zero-order valence-corrected chi connectivity index (χ0v) is 10.7. The first-order chi connectivity index (χ1) is 7.74. The summed E-state index contributed by atoms with van der Waals surface area (Å²) in [7, 11) is 0. The summed E-state index contributed by atoms with van der Waals surface area (Å²) < 4.78 is 5.67. The molecule has 0 aromatic carbocycles. The Morgan fingerprint density at radius 1 is 1.38 bits per heavy atom. The predicted molar refractivity (Wildman–Crippen MR) is 67.3 cm³/mol. The third-order valence-electron chi connectivity index (χ3n) is 4.64. The zero-order valence-electron chi connectivity index (χ0n) is 10.7.